The van der Waals surface area contributed by atoms with Gasteiger partial charge in [0.15, 0.2) is 21.6 Å². The van der Waals surface area contributed by atoms with Crippen molar-refractivity contribution >= 4 is 18.9 Å². The van der Waals surface area contributed by atoms with Crippen molar-refractivity contribution in [2.75, 3.05) is 0 Å². The van der Waals surface area contributed by atoms with Gasteiger partial charge < -0.3 is 19.7 Å². The van der Waals surface area contributed by atoms with Gasteiger partial charge in [0.05, 0.1) is 39.5 Å². The lowest BCUT2D eigenvalue weighted by atomic mass is 10.1. The van der Waals surface area contributed by atoms with E-state index in [-0.39, 0.29) is 0 Å². The normalized spacial score (nSPS) is 20.4. The first-order valence-electron chi connectivity index (χ1n) is 15.2. The lowest BCUT2D eigenvalue weighted by Crippen LogP contribution is -2.60. The number of nitrogens with one attached hydrogen (secondary N) is 4. The van der Waals surface area contributed by atoms with E-state index < -0.39 is 13.2 Å². The molecule has 240 valence electrons. The van der Waals surface area contributed by atoms with E-state index in [4.69, 9.17) is 39.4 Å². The highest BCUT2D eigenvalue weighted by atomic mass is 32.4. The van der Waals surface area contributed by atoms with Gasteiger partial charge in [0, 0.05) is 62.0 Å². The summed E-state index contributed by atoms with van der Waals surface area (Å²) in [6.45, 7) is 0. The molecule has 0 bridgehead atoms. The van der Waals surface area contributed by atoms with Gasteiger partial charge in [0.25, 0.3) is 0 Å². The van der Waals surface area contributed by atoms with Crippen LogP contribution in [0.4, 0.5) is 0 Å². The summed E-state index contributed by atoms with van der Waals surface area (Å²) >= 11 is 0. The molecular weight excluding hydrogens is 639 g/mol. The van der Waals surface area contributed by atoms with E-state index >= 15 is 0 Å². The van der Waals surface area contributed by atoms with Crippen molar-refractivity contribution in [3.05, 3.63) is 164 Å². The van der Waals surface area contributed by atoms with Crippen LogP contribution in [-0.4, -0.2) is 60.3 Å². The molecule has 0 fully saturated rings. The zero-order valence-corrected chi connectivity index (χ0v) is 26.4. The summed E-state index contributed by atoms with van der Waals surface area (Å²) in [5.41, 5.74) is 1.84. The van der Waals surface area contributed by atoms with Gasteiger partial charge in [0.2, 0.25) is 0 Å². The molecule has 0 amide bonds. The third kappa shape index (κ3) is 2.93. The molecule has 1 unspecified atom stereocenters. The van der Waals surface area contributed by atoms with Gasteiger partial charge in [-0.2, -0.15) is 10.2 Å². The number of aromatic amines is 3. The summed E-state index contributed by atoms with van der Waals surface area (Å²) in [4.78, 5) is 36.9. The molecule has 8 aromatic rings. The second kappa shape index (κ2) is 10.1. The lowest BCUT2D eigenvalue weighted by molar-refractivity contribution is 0.533. The minimum Gasteiger partial charge on any atom is -0.463 e. The first kappa shape index (κ1) is 28.5. The zero-order chi connectivity index (χ0) is 32.8. The Bertz CT molecular complexity index is 2250. The van der Waals surface area contributed by atoms with E-state index in [1.807, 2.05) is 66.9 Å². The van der Waals surface area contributed by atoms with Crippen LogP contribution in [-0.2, 0) is 4.87 Å². The van der Waals surface area contributed by atoms with Gasteiger partial charge >= 0.3 is 0 Å². The van der Waals surface area contributed by atoms with Crippen LogP contribution in [0.15, 0.2) is 166 Å². The highest BCUT2D eigenvalue weighted by Gasteiger charge is 2.90. The van der Waals surface area contributed by atoms with Crippen molar-refractivity contribution < 1.29 is 4.42 Å². The predicted molar refractivity (Wildman–Crippen MR) is 178 cm³/mol. The summed E-state index contributed by atoms with van der Waals surface area (Å²) in [5, 5.41) is 23.5. The Morgan fingerprint density at radius 1 is 0.633 bits per heavy atom. The Morgan fingerprint density at radius 3 is 2.20 bits per heavy atom. The molecule has 8 aromatic heterocycles. The zero-order valence-electron chi connectivity index (χ0n) is 25.6. The summed E-state index contributed by atoms with van der Waals surface area (Å²) < 4.78 is 6.29. The summed E-state index contributed by atoms with van der Waals surface area (Å²) in [6.07, 6.45) is 20.5. The fourth-order valence-corrected chi connectivity index (χ4v) is 17.1. The molecule has 1 atom stereocenters. The van der Waals surface area contributed by atoms with Crippen LogP contribution in [0.25, 0.3) is 10.6 Å². The molecule has 0 saturated carbocycles. The van der Waals surface area contributed by atoms with E-state index in [9.17, 15) is 0 Å². The Kier molecular flexibility index (Phi) is 5.89. The first-order valence-corrected chi connectivity index (χ1v) is 17.7. The van der Waals surface area contributed by atoms with Crippen LogP contribution < -0.4 is 5.32 Å². The number of rotatable bonds is 8. The molecule has 0 spiro atoms. The van der Waals surface area contributed by atoms with Gasteiger partial charge in [0.1, 0.15) is 10.1 Å². The first-order chi connectivity index (χ1) is 24.3. The van der Waals surface area contributed by atoms with Crippen molar-refractivity contribution in [3.8, 4) is 0 Å². The second-order valence-electron chi connectivity index (χ2n) is 11.3. The van der Waals surface area contributed by atoms with Crippen LogP contribution in [0.3, 0.4) is 0 Å². The fraction of sp³-hybridized carbons (Fsp3) is 0.0294. The van der Waals surface area contributed by atoms with Crippen LogP contribution in [0.2, 0.25) is 0 Å². The highest BCUT2D eigenvalue weighted by Crippen LogP contribution is 3.17. The second-order valence-corrected chi connectivity index (χ2v) is 17.0. The molecule has 0 radical (unpaired) electrons. The molecule has 14 nitrogen and oxygen atoms in total. The van der Waals surface area contributed by atoms with E-state index in [1.165, 1.54) is 0 Å². The largest absolute Gasteiger partial charge is 0.463 e. The maximum Gasteiger partial charge on any atom is 0.166 e. The van der Waals surface area contributed by atoms with E-state index in [1.54, 1.807) is 74.3 Å². The number of furan rings is 1. The monoisotopic (exact) mass is 665 g/mol. The fourth-order valence-electron chi connectivity index (χ4n) is 7.88. The third-order valence-electron chi connectivity index (χ3n) is 9.45. The van der Waals surface area contributed by atoms with Crippen LogP contribution in [0.5, 0.6) is 0 Å². The molecule has 1 aliphatic rings. The van der Waals surface area contributed by atoms with E-state index in [0.717, 1.165) is 0 Å². The van der Waals surface area contributed by atoms with Crippen molar-refractivity contribution in [3.63, 3.8) is 0 Å². The molecule has 9 rings (SSSR count). The minimum atomic E-state index is -5.70. The standard InChI is InChI=1S/C34H27N13OS/c1-2-12-37-27(9-1)49(33-41-20-21-42-33,28-10-4-16-43-47-28,29-23-35-18-19-38-29)31(32-39-14-6-15-40-32)30(24-7-5-22-48-24)45-34(49,25-8-3-13-36-25)26-11-17-44-46-26/h1-23,36,45H,(H,41,42)(H,44,46). The van der Waals surface area contributed by atoms with Gasteiger partial charge in [-0.1, -0.05) is 14.4 Å². The Balaban J connectivity index is 1.79. The Morgan fingerprint density at radius 2 is 1.53 bits per heavy atom. The summed E-state index contributed by atoms with van der Waals surface area (Å²) in [7, 11) is -5.70. The number of nitrogens with zero attached hydrogens (tertiary/aromatic N) is 9. The average Bonchev–Trinajstić information content (AvgIpc) is 4.03. The average molecular weight is 666 g/mol. The molecule has 9 heterocycles. The molecule has 0 aromatic carbocycles. The number of imidazole rings is 1. The van der Waals surface area contributed by atoms with Crippen LogP contribution in [0, 0.1) is 0 Å². The molecular formula is C34H27N13OS. The minimum absolute atomic E-state index is 0.342. The Hall–Kier alpha value is -6.74. The maximum absolute atomic E-state index is 6.29. The van der Waals surface area contributed by atoms with Crippen LogP contribution in [0.1, 0.15) is 23.0 Å². The van der Waals surface area contributed by atoms with Gasteiger partial charge in [-0.05, 0) is 60.7 Å². The summed E-state index contributed by atoms with van der Waals surface area (Å²) in [6, 6.07) is 20.9. The highest BCUT2D eigenvalue weighted by molar-refractivity contribution is 8.71. The summed E-state index contributed by atoms with van der Waals surface area (Å²) in [5.74, 6) is 0.838. The smallest absolute Gasteiger partial charge is 0.166 e. The van der Waals surface area contributed by atoms with Crippen molar-refractivity contribution in [2.45, 2.75) is 25.1 Å². The number of H-pyrrole nitrogens is 3. The number of aromatic nitrogens is 12. The maximum atomic E-state index is 6.29. The molecule has 1 aliphatic heterocycles. The number of hydrogen-bond acceptors (Lipinski definition) is 11. The number of pyridine rings is 1. The molecule has 15 heteroatoms. The Labute approximate surface area is 277 Å². The molecule has 0 aliphatic carbocycles. The number of hydrogen-bond donors (Lipinski definition) is 4. The van der Waals surface area contributed by atoms with Crippen molar-refractivity contribution in [2.24, 2.45) is 0 Å². The van der Waals surface area contributed by atoms with E-state index in [0.29, 0.717) is 53.8 Å². The van der Waals surface area contributed by atoms with Gasteiger partial charge in [-0.25, -0.2) is 19.9 Å². The van der Waals surface area contributed by atoms with Gasteiger partial charge in [-0.15, -0.1) is 5.10 Å². The predicted octanol–water partition coefficient (Wildman–Crippen LogP) is 5.26. The van der Waals surface area contributed by atoms with Crippen molar-refractivity contribution in [1.29, 1.82) is 0 Å². The SMILES string of the molecule is c1ccc(S2(c3cnccn3)(c3cccnn3)(c3ncc[nH]3)C(c3ncccn3)=C(c3ccco3)NC2(c2ccc[nH]2)c2ccn[nH]2)nc1. The third-order valence-corrected chi connectivity index (χ3v) is 17.9. The molecule has 0 saturated heterocycles. The molecule has 49 heavy (non-hydrogen) atoms. The van der Waals surface area contributed by atoms with Crippen LogP contribution >= 0.6 is 8.29 Å². The lowest BCUT2D eigenvalue weighted by Gasteiger charge is -2.78. The molecule has 4 N–H and O–H groups in total. The van der Waals surface area contributed by atoms with E-state index in [2.05, 4.69) is 30.6 Å². The van der Waals surface area contributed by atoms with Gasteiger partial charge in [-0.3, -0.25) is 15.1 Å². The van der Waals surface area contributed by atoms with Crippen molar-refractivity contribution in [1.82, 2.24) is 65.6 Å². The topological polar surface area (TPSA) is 189 Å². The quantitative estimate of drug-likeness (QED) is 0.166.